The van der Waals surface area contributed by atoms with Crippen molar-refractivity contribution in [2.24, 2.45) is 5.92 Å². The van der Waals surface area contributed by atoms with E-state index in [1.54, 1.807) is 6.20 Å². The van der Waals surface area contributed by atoms with Crippen LogP contribution in [-0.2, 0) is 4.74 Å². The summed E-state index contributed by atoms with van der Waals surface area (Å²) in [6.45, 7) is 3.45. The molecule has 0 unspecified atom stereocenters. The number of aromatic nitrogens is 1. The van der Waals surface area contributed by atoms with Crippen molar-refractivity contribution >= 4 is 17.2 Å². The van der Waals surface area contributed by atoms with Crippen LogP contribution in [0.15, 0.2) is 6.20 Å². The average Bonchev–Trinajstić information content (AvgIpc) is 3.14. The topological polar surface area (TPSA) is 51.2 Å². The molecule has 1 amide bonds. The van der Waals surface area contributed by atoms with E-state index in [2.05, 4.69) is 10.3 Å². The number of hydrogen-bond donors (Lipinski definition) is 1. The maximum atomic E-state index is 12.3. The standard InChI is InChI=1S/C13H18N2O2S/c1-9-14-8-11(18-9)12(16)15-13(10-2-3-10)4-6-17-7-5-13/h8,10H,2-7H2,1H3,(H,15,16). The molecule has 2 aliphatic rings. The molecular formula is C13H18N2O2S. The molecule has 1 aliphatic heterocycles. The Morgan fingerprint density at radius 2 is 2.22 bits per heavy atom. The summed E-state index contributed by atoms with van der Waals surface area (Å²) in [6, 6.07) is 0. The van der Waals surface area contributed by atoms with Crippen molar-refractivity contribution in [3.8, 4) is 0 Å². The molecule has 1 aromatic rings. The van der Waals surface area contributed by atoms with Crippen molar-refractivity contribution in [2.45, 2.75) is 38.1 Å². The number of carbonyl (C=O) groups is 1. The zero-order valence-electron chi connectivity index (χ0n) is 10.6. The Bertz CT molecular complexity index is 448. The van der Waals surface area contributed by atoms with Crippen molar-refractivity contribution in [3.05, 3.63) is 16.1 Å². The van der Waals surface area contributed by atoms with Gasteiger partial charge in [-0.05, 0) is 38.5 Å². The third kappa shape index (κ3) is 2.29. The monoisotopic (exact) mass is 266 g/mol. The summed E-state index contributed by atoms with van der Waals surface area (Å²) >= 11 is 1.46. The molecule has 0 aromatic carbocycles. The summed E-state index contributed by atoms with van der Waals surface area (Å²) in [5.74, 6) is 0.689. The van der Waals surface area contributed by atoms with Gasteiger partial charge in [-0.3, -0.25) is 4.79 Å². The second kappa shape index (κ2) is 4.63. The van der Waals surface area contributed by atoms with Gasteiger partial charge in [-0.1, -0.05) is 0 Å². The smallest absolute Gasteiger partial charge is 0.263 e. The van der Waals surface area contributed by atoms with Gasteiger partial charge in [-0.15, -0.1) is 11.3 Å². The fourth-order valence-corrected chi connectivity index (χ4v) is 3.43. The number of thiazole rings is 1. The van der Waals surface area contributed by atoms with E-state index in [-0.39, 0.29) is 11.4 Å². The Morgan fingerprint density at radius 1 is 1.50 bits per heavy atom. The summed E-state index contributed by atoms with van der Waals surface area (Å²) in [7, 11) is 0. The van der Waals surface area contributed by atoms with Gasteiger partial charge in [0.2, 0.25) is 0 Å². The summed E-state index contributed by atoms with van der Waals surface area (Å²) in [4.78, 5) is 17.2. The molecule has 1 aromatic heterocycles. The van der Waals surface area contributed by atoms with Crippen molar-refractivity contribution in [1.29, 1.82) is 0 Å². The van der Waals surface area contributed by atoms with Gasteiger partial charge < -0.3 is 10.1 Å². The lowest BCUT2D eigenvalue weighted by Gasteiger charge is -2.38. The maximum Gasteiger partial charge on any atom is 0.263 e. The molecule has 0 radical (unpaired) electrons. The number of nitrogens with one attached hydrogen (secondary N) is 1. The number of nitrogens with zero attached hydrogens (tertiary/aromatic N) is 1. The highest BCUT2D eigenvalue weighted by Gasteiger charge is 2.47. The van der Waals surface area contributed by atoms with Crippen LogP contribution < -0.4 is 5.32 Å². The second-order valence-corrected chi connectivity index (χ2v) is 6.48. The summed E-state index contributed by atoms with van der Waals surface area (Å²) < 4.78 is 5.43. The Kier molecular flexibility index (Phi) is 3.11. The highest BCUT2D eigenvalue weighted by molar-refractivity contribution is 7.13. The predicted octanol–water partition coefficient (Wildman–Crippen LogP) is 2.14. The van der Waals surface area contributed by atoms with E-state index in [0.29, 0.717) is 5.92 Å². The van der Waals surface area contributed by atoms with Gasteiger partial charge in [-0.2, -0.15) is 0 Å². The van der Waals surface area contributed by atoms with E-state index in [0.717, 1.165) is 35.9 Å². The normalized spacial score (nSPS) is 22.7. The number of ether oxygens (including phenoxy) is 1. The van der Waals surface area contributed by atoms with Gasteiger partial charge in [0.05, 0.1) is 11.2 Å². The van der Waals surface area contributed by atoms with Crippen LogP contribution in [0.2, 0.25) is 0 Å². The van der Waals surface area contributed by atoms with Crippen LogP contribution >= 0.6 is 11.3 Å². The molecular weight excluding hydrogens is 248 g/mol. The minimum atomic E-state index is -0.0206. The minimum absolute atomic E-state index is 0.0206. The molecule has 3 rings (SSSR count). The molecule has 0 spiro atoms. The van der Waals surface area contributed by atoms with Gasteiger partial charge >= 0.3 is 0 Å². The fraction of sp³-hybridized carbons (Fsp3) is 0.692. The SMILES string of the molecule is Cc1ncc(C(=O)NC2(C3CC3)CCOCC2)s1. The average molecular weight is 266 g/mol. The first-order chi connectivity index (χ1) is 8.70. The zero-order chi connectivity index (χ0) is 12.6. The number of rotatable bonds is 3. The van der Waals surface area contributed by atoms with E-state index in [9.17, 15) is 4.79 Å². The van der Waals surface area contributed by atoms with Crippen molar-refractivity contribution in [1.82, 2.24) is 10.3 Å². The molecule has 1 saturated heterocycles. The van der Waals surface area contributed by atoms with E-state index in [1.165, 1.54) is 24.2 Å². The van der Waals surface area contributed by atoms with Crippen LogP contribution in [-0.4, -0.2) is 29.6 Å². The molecule has 0 bridgehead atoms. The molecule has 5 heteroatoms. The lowest BCUT2D eigenvalue weighted by atomic mass is 9.85. The van der Waals surface area contributed by atoms with Crippen LogP contribution in [0.3, 0.4) is 0 Å². The first-order valence-corrected chi connectivity index (χ1v) is 7.34. The Labute approximate surface area is 111 Å². The second-order valence-electron chi connectivity index (χ2n) is 5.24. The first kappa shape index (κ1) is 12.1. The van der Waals surface area contributed by atoms with E-state index >= 15 is 0 Å². The van der Waals surface area contributed by atoms with Crippen molar-refractivity contribution in [2.75, 3.05) is 13.2 Å². The Balaban J connectivity index is 1.74. The Morgan fingerprint density at radius 3 is 2.78 bits per heavy atom. The lowest BCUT2D eigenvalue weighted by molar-refractivity contribution is 0.0277. The van der Waals surface area contributed by atoms with Gasteiger partial charge in [0.1, 0.15) is 4.88 Å². The molecule has 98 valence electrons. The zero-order valence-corrected chi connectivity index (χ0v) is 11.4. The molecule has 2 fully saturated rings. The molecule has 4 nitrogen and oxygen atoms in total. The van der Waals surface area contributed by atoms with E-state index in [1.807, 2.05) is 6.92 Å². The Hall–Kier alpha value is -0.940. The van der Waals surface area contributed by atoms with Crippen LogP contribution in [0.1, 0.15) is 40.4 Å². The largest absolute Gasteiger partial charge is 0.381 e. The lowest BCUT2D eigenvalue weighted by Crippen LogP contribution is -2.53. The van der Waals surface area contributed by atoms with Crippen LogP contribution in [0.25, 0.3) is 0 Å². The highest BCUT2D eigenvalue weighted by Crippen LogP contribution is 2.45. The molecule has 1 saturated carbocycles. The fourth-order valence-electron chi connectivity index (χ4n) is 2.76. The summed E-state index contributed by atoms with van der Waals surface area (Å²) in [5, 5.41) is 4.21. The third-order valence-corrected chi connectivity index (χ3v) is 4.86. The number of hydrogen-bond acceptors (Lipinski definition) is 4. The van der Waals surface area contributed by atoms with Gasteiger partial charge in [-0.25, -0.2) is 4.98 Å². The summed E-state index contributed by atoms with van der Waals surface area (Å²) in [6.07, 6.45) is 6.04. The molecule has 18 heavy (non-hydrogen) atoms. The number of carbonyl (C=O) groups excluding carboxylic acids is 1. The maximum absolute atomic E-state index is 12.3. The molecule has 1 N–H and O–H groups in total. The molecule has 2 heterocycles. The van der Waals surface area contributed by atoms with Crippen LogP contribution in [0, 0.1) is 12.8 Å². The third-order valence-electron chi connectivity index (χ3n) is 3.95. The number of aryl methyl sites for hydroxylation is 1. The van der Waals surface area contributed by atoms with Gasteiger partial charge in [0.25, 0.3) is 5.91 Å². The first-order valence-electron chi connectivity index (χ1n) is 6.52. The van der Waals surface area contributed by atoms with Crippen LogP contribution in [0.5, 0.6) is 0 Å². The quantitative estimate of drug-likeness (QED) is 0.912. The minimum Gasteiger partial charge on any atom is -0.381 e. The van der Waals surface area contributed by atoms with Gasteiger partial charge in [0, 0.05) is 18.8 Å². The van der Waals surface area contributed by atoms with Crippen LogP contribution in [0.4, 0.5) is 0 Å². The molecule has 1 aliphatic carbocycles. The highest BCUT2D eigenvalue weighted by atomic mass is 32.1. The van der Waals surface area contributed by atoms with E-state index in [4.69, 9.17) is 4.74 Å². The predicted molar refractivity (Wildman–Crippen MR) is 69.8 cm³/mol. The van der Waals surface area contributed by atoms with Crippen molar-refractivity contribution < 1.29 is 9.53 Å². The summed E-state index contributed by atoms with van der Waals surface area (Å²) in [5.41, 5.74) is -0.0206. The number of amides is 1. The van der Waals surface area contributed by atoms with E-state index < -0.39 is 0 Å². The van der Waals surface area contributed by atoms with Crippen molar-refractivity contribution in [3.63, 3.8) is 0 Å². The van der Waals surface area contributed by atoms with Gasteiger partial charge in [0.15, 0.2) is 0 Å². The molecule has 0 atom stereocenters.